The third-order valence-electron chi connectivity index (χ3n) is 3.65. The van der Waals surface area contributed by atoms with Crippen molar-refractivity contribution in [3.8, 4) is 0 Å². The van der Waals surface area contributed by atoms with E-state index in [0.29, 0.717) is 5.92 Å². The maximum Gasteiger partial charge on any atom is 0.320 e. The quantitative estimate of drug-likeness (QED) is 0.869. The van der Waals surface area contributed by atoms with Crippen molar-refractivity contribution < 1.29 is 9.53 Å². The highest BCUT2D eigenvalue weighted by Crippen LogP contribution is 2.28. The van der Waals surface area contributed by atoms with E-state index in [-0.39, 0.29) is 18.6 Å². The van der Waals surface area contributed by atoms with Gasteiger partial charge in [0.05, 0.1) is 6.54 Å². The molecule has 0 amide bonds. The molecule has 2 rings (SSSR count). The summed E-state index contributed by atoms with van der Waals surface area (Å²) in [5, 5.41) is 0.732. The van der Waals surface area contributed by atoms with Crippen LogP contribution in [0.2, 0.25) is 5.02 Å². The summed E-state index contributed by atoms with van der Waals surface area (Å²) in [7, 11) is 0. The first-order chi connectivity index (χ1) is 10.2. The number of nitrogens with two attached hydrogens (primary N) is 1. The summed E-state index contributed by atoms with van der Waals surface area (Å²) in [5.41, 5.74) is 6.89. The number of rotatable bonds is 3. The van der Waals surface area contributed by atoms with Gasteiger partial charge in [-0.05, 0) is 50.8 Å². The monoisotopic (exact) mass is 324 g/mol. The Kier molecular flexibility index (Phi) is 5.48. The maximum atomic E-state index is 12.0. The van der Waals surface area contributed by atoms with Crippen LogP contribution in [0.5, 0.6) is 0 Å². The molecule has 122 valence electrons. The zero-order valence-electron chi connectivity index (χ0n) is 13.5. The van der Waals surface area contributed by atoms with E-state index in [9.17, 15) is 4.79 Å². The van der Waals surface area contributed by atoms with E-state index < -0.39 is 5.60 Å². The van der Waals surface area contributed by atoms with Gasteiger partial charge in [-0.3, -0.25) is 9.69 Å². The van der Waals surface area contributed by atoms with Crippen molar-refractivity contribution in [2.24, 2.45) is 5.73 Å². The largest absolute Gasteiger partial charge is 0.459 e. The van der Waals surface area contributed by atoms with Crippen LogP contribution in [0.3, 0.4) is 0 Å². The number of carbonyl (C=O) groups excluding carboxylic acids is 1. The van der Waals surface area contributed by atoms with Crippen molar-refractivity contribution in [2.75, 3.05) is 19.6 Å². The lowest BCUT2D eigenvalue weighted by molar-refractivity contribution is -0.156. The molecule has 1 saturated heterocycles. The number of carbonyl (C=O) groups is 1. The first-order valence-electron chi connectivity index (χ1n) is 7.68. The molecule has 0 radical (unpaired) electrons. The van der Waals surface area contributed by atoms with E-state index in [1.807, 2.05) is 39.0 Å². The van der Waals surface area contributed by atoms with Gasteiger partial charge < -0.3 is 10.5 Å². The molecular formula is C17H25ClN2O2. The lowest BCUT2D eigenvalue weighted by Gasteiger charge is -2.36. The summed E-state index contributed by atoms with van der Waals surface area (Å²) in [6.07, 6.45) is 0.908. The molecule has 1 heterocycles. The van der Waals surface area contributed by atoms with Gasteiger partial charge in [-0.25, -0.2) is 0 Å². The zero-order valence-corrected chi connectivity index (χ0v) is 14.3. The molecule has 1 aromatic rings. The lowest BCUT2D eigenvalue weighted by atomic mass is 9.88. The number of nitrogens with zero attached hydrogens (tertiary/aromatic N) is 1. The first kappa shape index (κ1) is 17.3. The molecule has 1 aromatic carbocycles. The molecule has 5 heteroatoms. The van der Waals surface area contributed by atoms with Gasteiger partial charge in [0.1, 0.15) is 5.60 Å². The Labute approximate surface area is 137 Å². The lowest BCUT2D eigenvalue weighted by Crippen LogP contribution is -2.48. The third-order valence-corrected chi connectivity index (χ3v) is 3.89. The molecule has 2 atom stereocenters. The highest BCUT2D eigenvalue weighted by atomic mass is 35.5. The summed E-state index contributed by atoms with van der Waals surface area (Å²) < 4.78 is 5.39. The van der Waals surface area contributed by atoms with Crippen LogP contribution in [0, 0.1) is 0 Å². The minimum absolute atomic E-state index is 0.0557. The highest BCUT2D eigenvalue weighted by Gasteiger charge is 2.28. The Morgan fingerprint density at radius 2 is 2.14 bits per heavy atom. The topological polar surface area (TPSA) is 55.6 Å². The van der Waals surface area contributed by atoms with E-state index in [1.54, 1.807) is 0 Å². The SMILES string of the molecule is CC(C)(C)OC(=O)CN1CC(N)CC(c2cccc(Cl)c2)C1. The molecule has 1 fully saturated rings. The van der Waals surface area contributed by atoms with Crippen molar-refractivity contribution in [1.29, 1.82) is 0 Å². The molecule has 2 unspecified atom stereocenters. The normalized spacial score (nSPS) is 23.3. The van der Waals surface area contributed by atoms with Gasteiger partial charge in [0.2, 0.25) is 0 Å². The number of hydrogen-bond acceptors (Lipinski definition) is 4. The van der Waals surface area contributed by atoms with Crippen LogP contribution >= 0.6 is 11.6 Å². The number of benzene rings is 1. The Hall–Kier alpha value is -1.10. The molecule has 1 aliphatic heterocycles. The molecule has 1 aliphatic rings. The number of piperidine rings is 1. The summed E-state index contributed by atoms with van der Waals surface area (Å²) >= 11 is 6.07. The van der Waals surface area contributed by atoms with Crippen LogP contribution in [0.15, 0.2) is 24.3 Å². The fourth-order valence-electron chi connectivity index (χ4n) is 2.92. The van der Waals surface area contributed by atoms with Crippen LogP contribution in [-0.2, 0) is 9.53 Å². The number of esters is 1. The maximum absolute atomic E-state index is 12.0. The van der Waals surface area contributed by atoms with Crippen molar-refractivity contribution >= 4 is 17.6 Å². The van der Waals surface area contributed by atoms with Crippen LogP contribution in [0.25, 0.3) is 0 Å². The summed E-state index contributed by atoms with van der Waals surface area (Å²) in [4.78, 5) is 14.1. The van der Waals surface area contributed by atoms with Crippen LogP contribution < -0.4 is 5.73 Å². The average molecular weight is 325 g/mol. The number of ether oxygens (including phenoxy) is 1. The summed E-state index contributed by atoms with van der Waals surface area (Å²) in [5.74, 6) is 0.0938. The summed E-state index contributed by atoms with van der Waals surface area (Å²) in [6.45, 7) is 7.43. The van der Waals surface area contributed by atoms with Crippen molar-refractivity contribution in [3.05, 3.63) is 34.9 Å². The van der Waals surface area contributed by atoms with E-state index in [4.69, 9.17) is 22.1 Å². The second-order valence-electron chi connectivity index (χ2n) is 7.03. The third kappa shape index (κ3) is 5.27. The van der Waals surface area contributed by atoms with Crippen molar-refractivity contribution in [3.63, 3.8) is 0 Å². The molecule has 0 bridgehead atoms. The van der Waals surface area contributed by atoms with Gasteiger partial charge in [-0.1, -0.05) is 23.7 Å². The molecule has 2 N–H and O–H groups in total. The van der Waals surface area contributed by atoms with Crippen molar-refractivity contribution in [2.45, 2.75) is 44.8 Å². The predicted molar refractivity (Wildman–Crippen MR) is 89.1 cm³/mol. The van der Waals surface area contributed by atoms with Crippen LogP contribution in [-0.4, -0.2) is 42.1 Å². The van der Waals surface area contributed by atoms with E-state index in [1.165, 1.54) is 5.56 Å². The van der Waals surface area contributed by atoms with Gasteiger partial charge >= 0.3 is 5.97 Å². The predicted octanol–water partition coefficient (Wildman–Crippen LogP) is 2.80. The molecule has 4 nitrogen and oxygen atoms in total. The Morgan fingerprint density at radius 3 is 2.77 bits per heavy atom. The minimum atomic E-state index is -0.457. The first-order valence-corrected chi connectivity index (χ1v) is 8.06. The summed E-state index contributed by atoms with van der Waals surface area (Å²) in [6, 6.07) is 7.93. The Bertz CT molecular complexity index is 528. The minimum Gasteiger partial charge on any atom is -0.459 e. The average Bonchev–Trinajstić information content (AvgIpc) is 2.35. The number of likely N-dealkylation sites (tertiary alicyclic amines) is 1. The molecule has 0 saturated carbocycles. The number of halogens is 1. The Morgan fingerprint density at radius 1 is 1.41 bits per heavy atom. The van der Waals surface area contributed by atoms with Gasteiger partial charge in [-0.2, -0.15) is 0 Å². The fraction of sp³-hybridized carbons (Fsp3) is 0.588. The van der Waals surface area contributed by atoms with Gasteiger partial charge in [0.25, 0.3) is 0 Å². The van der Waals surface area contributed by atoms with Gasteiger partial charge in [0, 0.05) is 24.2 Å². The standard InChI is InChI=1S/C17H25ClN2O2/c1-17(2,3)22-16(21)11-20-9-13(8-15(19)10-20)12-5-4-6-14(18)7-12/h4-7,13,15H,8-11,19H2,1-3H3. The van der Waals surface area contributed by atoms with Crippen LogP contribution in [0.1, 0.15) is 38.7 Å². The van der Waals surface area contributed by atoms with Gasteiger partial charge in [0.15, 0.2) is 0 Å². The van der Waals surface area contributed by atoms with E-state index in [2.05, 4.69) is 11.0 Å². The molecule has 0 aliphatic carbocycles. The second kappa shape index (κ2) is 6.99. The van der Waals surface area contributed by atoms with Gasteiger partial charge in [-0.15, -0.1) is 0 Å². The zero-order chi connectivity index (χ0) is 16.3. The molecule has 0 spiro atoms. The molecule has 0 aromatic heterocycles. The fourth-order valence-corrected chi connectivity index (χ4v) is 3.12. The highest BCUT2D eigenvalue weighted by molar-refractivity contribution is 6.30. The van der Waals surface area contributed by atoms with E-state index >= 15 is 0 Å². The Balaban J connectivity index is 2.00. The molecular weight excluding hydrogens is 300 g/mol. The number of hydrogen-bond donors (Lipinski definition) is 1. The second-order valence-corrected chi connectivity index (χ2v) is 7.46. The van der Waals surface area contributed by atoms with Crippen molar-refractivity contribution in [1.82, 2.24) is 4.90 Å². The molecule has 22 heavy (non-hydrogen) atoms. The smallest absolute Gasteiger partial charge is 0.320 e. The van der Waals surface area contributed by atoms with E-state index in [0.717, 1.165) is 24.5 Å². The van der Waals surface area contributed by atoms with Crippen LogP contribution in [0.4, 0.5) is 0 Å².